The number of aromatic nitrogens is 1. The number of nitrogens with one attached hydrogen (secondary N) is 1. The van der Waals surface area contributed by atoms with E-state index in [1.54, 1.807) is 6.20 Å². The fourth-order valence-corrected chi connectivity index (χ4v) is 2.36. The van der Waals surface area contributed by atoms with Crippen molar-refractivity contribution in [1.82, 2.24) is 10.3 Å². The largest absolute Gasteiger partial charge is 0.492 e. The topological polar surface area (TPSA) is 34.2 Å². The molecule has 0 bridgehead atoms. The first-order valence-corrected chi connectivity index (χ1v) is 7.69. The summed E-state index contributed by atoms with van der Waals surface area (Å²) in [5.41, 5.74) is 3.33. The summed E-state index contributed by atoms with van der Waals surface area (Å²) < 4.78 is 5.53. The zero-order chi connectivity index (χ0) is 15.1. The maximum atomic E-state index is 6.16. The molecule has 2 aromatic rings. The number of nitrogens with zero attached hydrogens (tertiary/aromatic N) is 1. The second kappa shape index (κ2) is 8.01. The van der Waals surface area contributed by atoms with Crippen LogP contribution in [-0.2, 0) is 6.54 Å². The molecule has 2 rings (SSSR count). The maximum absolute atomic E-state index is 6.16. The number of benzene rings is 1. The van der Waals surface area contributed by atoms with Gasteiger partial charge in [0.05, 0.1) is 12.8 Å². The Bertz CT molecular complexity index is 587. The van der Waals surface area contributed by atoms with Gasteiger partial charge in [-0.25, -0.2) is 0 Å². The standard InChI is InChI=1S/C17H21ClN2O/c1-3-7-19-10-13-5-6-15(18)9-17(13)14-8-16(21-4-2)12-20-11-14/h5-6,8-9,11-12,19H,3-4,7,10H2,1-2H3. The van der Waals surface area contributed by atoms with Crippen LogP contribution < -0.4 is 10.1 Å². The van der Waals surface area contributed by atoms with Gasteiger partial charge in [0.1, 0.15) is 5.75 Å². The molecule has 21 heavy (non-hydrogen) atoms. The Labute approximate surface area is 131 Å². The quantitative estimate of drug-likeness (QED) is 0.774. The zero-order valence-corrected chi connectivity index (χ0v) is 13.3. The normalized spacial score (nSPS) is 10.6. The fourth-order valence-electron chi connectivity index (χ4n) is 2.18. The average Bonchev–Trinajstić information content (AvgIpc) is 2.49. The van der Waals surface area contributed by atoms with Crippen LogP contribution in [0, 0.1) is 0 Å². The third kappa shape index (κ3) is 4.45. The molecule has 0 unspecified atom stereocenters. The van der Waals surface area contributed by atoms with Gasteiger partial charge in [0.2, 0.25) is 0 Å². The summed E-state index contributed by atoms with van der Waals surface area (Å²) in [7, 11) is 0. The third-order valence-corrected chi connectivity index (χ3v) is 3.38. The summed E-state index contributed by atoms with van der Waals surface area (Å²) >= 11 is 6.16. The first-order valence-electron chi connectivity index (χ1n) is 7.32. The molecule has 4 heteroatoms. The molecule has 0 aliphatic rings. The van der Waals surface area contributed by atoms with Crippen LogP contribution in [0.5, 0.6) is 5.75 Å². The SMILES string of the molecule is CCCNCc1ccc(Cl)cc1-c1cncc(OCC)c1. The van der Waals surface area contributed by atoms with Crippen LogP contribution >= 0.6 is 11.6 Å². The van der Waals surface area contributed by atoms with E-state index in [0.29, 0.717) is 6.61 Å². The number of halogens is 1. The molecule has 3 nitrogen and oxygen atoms in total. The van der Waals surface area contributed by atoms with E-state index >= 15 is 0 Å². The molecule has 0 amide bonds. The van der Waals surface area contributed by atoms with Crippen LogP contribution in [0.15, 0.2) is 36.7 Å². The van der Waals surface area contributed by atoms with Crippen LogP contribution in [0.4, 0.5) is 0 Å². The number of rotatable bonds is 7. The van der Waals surface area contributed by atoms with Crippen molar-refractivity contribution >= 4 is 11.6 Å². The van der Waals surface area contributed by atoms with E-state index in [1.165, 1.54) is 5.56 Å². The van der Waals surface area contributed by atoms with Crippen LogP contribution in [0.25, 0.3) is 11.1 Å². The Morgan fingerprint density at radius 3 is 2.81 bits per heavy atom. The molecule has 0 atom stereocenters. The highest BCUT2D eigenvalue weighted by Gasteiger charge is 2.08. The summed E-state index contributed by atoms with van der Waals surface area (Å²) in [6.45, 7) is 6.57. The predicted molar refractivity (Wildman–Crippen MR) is 87.8 cm³/mol. The lowest BCUT2D eigenvalue weighted by molar-refractivity contribution is 0.339. The second-order valence-electron chi connectivity index (χ2n) is 4.82. The van der Waals surface area contributed by atoms with E-state index in [9.17, 15) is 0 Å². The number of hydrogen-bond acceptors (Lipinski definition) is 3. The molecular weight excluding hydrogens is 284 g/mol. The molecule has 0 aliphatic carbocycles. The van der Waals surface area contributed by atoms with Gasteiger partial charge in [0, 0.05) is 23.3 Å². The summed E-state index contributed by atoms with van der Waals surface area (Å²) in [4.78, 5) is 4.26. The van der Waals surface area contributed by atoms with Gasteiger partial charge in [-0.15, -0.1) is 0 Å². The lowest BCUT2D eigenvalue weighted by Gasteiger charge is -2.12. The molecule has 0 aliphatic heterocycles. The van der Waals surface area contributed by atoms with Crippen molar-refractivity contribution < 1.29 is 4.74 Å². The lowest BCUT2D eigenvalue weighted by atomic mass is 10.0. The highest BCUT2D eigenvalue weighted by molar-refractivity contribution is 6.30. The Morgan fingerprint density at radius 1 is 1.19 bits per heavy atom. The van der Waals surface area contributed by atoms with E-state index in [-0.39, 0.29) is 0 Å². The van der Waals surface area contributed by atoms with Gasteiger partial charge in [0.15, 0.2) is 0 Å². The van der Waals surface area contributed by atoms with Crippen LogP contribution in [0.2, 0.25) is 5.02 Å². The van der Waals surface area contributed by atoms with Gasteiger partial charge in [-0.05, 0) is 49.2 Å². The number of pyridine rings is 1. The highest BCUT2D eigenvalue weighted by atomic mass is 35.5. The van der Waals surface area contributed by atoms with E-state index in [4.69, 9.17) is 16.3 Å². The van der Waals surface area contributed by atoms with Gasteiger partial charge in [0.25, 0.3) is 0 Å². The van der Waals surface area contributed by atoms with Crippen molar-refractivity contribution in [2.24, 2.45) is 0 Å². The average molecular weight is 305 g/mol. The highest BCUT2D eigenvalue weighted by Crippen LogP contribution is 2.28. The zero-order valence-electron chi connectivity index (χ0n) is 12.5. The Hall–Kier alpha value is -1.58. The van der Waals surface area contributed by atoms with E-state index in [2.05, 4.69) is 23.3 Å². The molecule has 1 N–H and O–H groups in total. The Kier molecular flexibility index (Phi) is 6.03. The van der Waals surface area contributed by atoms with Gasteiger partial charge in [-0.3, -0.25) is 4.98 Å². The van der Waals surface area contributed by atoms with Crippen molar-refractivity contribution in [2.75, 3.05) is 13.2 Å². The van der Waals surface area contributed by atoms with Gasteiger partial charge in [-0.2, -0.15) is 0 Å². The molecule has 0 saturated carbocycles. The maximum Gasteiger partial charge on any atom is 0.138 e. The molecule has 112 valence electrons. The van der Waals surface area contributed by atoms with Gasteiger partial charge in [-0.1, -0.05) is 24.6 Å². The molecule has 0 radical (unpaired) electrons. The molecular formula is C17H21ClN2O. The smallest absolute Gasteiger partial charge is 0.138 e. The van der Waals surface area contributed by atoms with Gasteiger partial charge >= 0.3 is 0 Å². The number of hydrogen-bond donors (Lipinski definition) is 1. The molecule has 0 spiro atoms. The minimum atomic E-state index is 0.631. The van der Waals surface area contributed by atoms with Gasteiger partial charge < -0.3 is 10.1 Å². The monoisotopic (exact) mass is 304 g/mol. The molecule has 1 heterocycles. The molecule has 0 saturated heterocycles. The molecule has 0 fully saturated rings. The van der Waals surface area contributed by atoms with Crippen LogP contribution in [0.1, 0.15) is 25.8 Å². The minimum Gasteiger partial charge on any atom is -0.492 e. The van der Waals surface area contributed by atoms with Crippen LogP contribution in [0.3, 0.4) is 0 Å². The van der Waals surface area contributed by atoms with Crippen molar-refractivity contribution in [3.8, 4) is 16.9 Å². The first-order chi connectivity index (χ1) is 10.2. The fraction of sp³-hybridized carbons (Fsp3) is 0.353. The van der Waals surface area contributed by atoms with E-state index < -0.39 is 0 Å². The Balaban J connectivity index is 2.32. The van der Waals surface area contributed by atoms with E-state index in [1.807, 2.05) is 31.3 Å². The van der Waals surface area contributed by atoms with Crippen molar-refractivity contribution in [1.29, 1.82) is 0 Å². The predicted octanol–water partition coefficient (Wildman–Crippen LogP) is 4.30. The minimum absolute atomic E-state index is 0.631. The summed E-state index contributed by atoms with van der Waals surface area (Å²) in [5.74, 6) is 0.780. The third-order valence-electron chi connectivity index (χ3n) is 3.15. The van der Waals surface area contributed by atoms with Crippen molar-refractivity contribution in [3.63, 3.8) is 0 Å². The number of ether oxygens (including phenoxy) is 1. The molecule has 1 aromatic heterocycles. The van der Waals surface area contributed by atoms with E-state index in [0.717, 1.165) is 41.4 Å². The molecule has 1 aromatic carbocycles. The lowest BCUT2D eigenvalue weighted by Crippen LogP contribution is -2.14. The first kappa shape index (κ1) is 15.8. The summed E-state index contributed by atoms with van der Waals surface area (Å²) in [5, 5.41) is 4.15. The van der Waals surface area contributed by atoms with Crippen molar-refractivity contribution in [3.05, 3.63) is 47.2 Å². The van der Waals surface area contributed by atoms with Crippen LogP contribution in [-0.4, -0.2) is 18.1 Å². The summed E-state index contributed by atoms with van der Waals surface area (Å²) in [6, 6.07) is 7.98. The second-order valence-corrected chi connectivity index (χ2v) is 5.26. The summed E-state index contributed by atoms with van der Waals surface area (Å²) in [6.07, 6.45) is 4.69. The van der Waals surface area contributed by atoms with Crippen molar-refractivity contribution in [2.45, 2.75) is 26.8 Å². The Morgan fingerprint density at radius 2 is 2.05 bits per heavy atom.